The van der Waals surface area contributed by atoms with Gasteiger partial charge < -0.3 is 4.42 Å². The molecule has 2 heterocycles. The van der Waals surface area contributed by atoms with E-state index < -0.39 is 0 Å². The van der Waals surface area contributed by atoms with Crippen molar-refractivity contribution in [1.82, 2.24) is 4.98 Å². The van der Waals surface area contributed by atoms with Crippen LogP contribution in [-0.2, 0) is 0 Å². The zero-order chi connectivity index (χ0) is 14.8. The van der Waals surface area contributed by atoms with Crippen molar-refractivity contribution in [2.45, 2.75) is 6.92 Å². The minimum absolute atomic E-state index is 0.250. The quantitative estimate of drug-likeness (QED) is 0.732. The monoisotopic (exact) mass is 362 g/mol. The molecule has 0 aliphatic rings. The van der Waals surface area contributed by atoms with E-state index in [-0.39, 0.29) is 5.91 Å². The fourth-order valence-electron chi connectivity index (χ4n) is 1.81. The van der Waals surface area contributed by atoms with Gasteiger partial charge in [-0.15, -0.1) is 11.3 Å². The van der Waals surface area contributed by atoms with Crippen molar-refractivity contribution in [3.63, 3.8) is 0 Å². The number of thiazole rings is 1. The van der Waals surface area contributed by atoms with Crippen LogP contribution in [0.1, 0.15) is 15.9 Å². The average Bonchev–Trinajstić information content (AvgIpc) is 3.09. The van der Waals surface area contributed by atoms with Crippen LogP contribution >= 0.6 is 27.3 Å². The summed E-state index contributed by atoms with van der Waals surface area (Å²) in [7, 11) is 0. The van der Waals surface area contributed by atoms with E-state index >= 15 is 0 Å². The summed E-state index contributed by atoms with van der Waals surface area (Å²) in [5, 5.41) is 5.25. The maximum absolute atomic E-state index is 12.1. The number of nitrogens with zero attached hydrogens (tertiary/aromatic N) is 1. The molecule has 1 N–H and O–H groups in total. The molecular formula is C15H11BrN2O2S. The standard InChI is InChI=1S/C15H11BrN2O2S/c1-9-2-4-10(5-3-9)12-8-21-15(17-12)18-14(19)11-6-7-20-13(11)16/h2-8H,1H3,(H,17,18,19). The molecule has 3 rings (SSSR count). The average molecular weight is 363 g/mol. The van der Waals surface area contributed by atoms with Crippen LogP contribution in [0, 0.1) is 6.92 Å². The number of nitrogens with one attached hydrogen (secondary N) is 1. The number of amides is 1. The maximum atomic E-state index is 12.1. The summed E-state index contributed by atoms with van der Waals surface area (Å²) in [6, 6.07) is 9.71. The molecule has 0 fully saturated rings. The van der Waals surface area contributed by atoms with Crippen molar-refractivity contribution in [3.8, 4) is 11.3 Å². The van der Waals surface area contributed by atoms with Crippen LogP contribution in [0.25, 0.3) is 11.3 Å². The second-order valence-corrected chi connectivity index (χ2v) is 6.04. The van der Waals surface area contributed by atoms with Gasteiger partial charge in [-0.25, -0.2) is 4.98 Å². The first-order chi connectivity index (χ1) is 10.1. The second-order valence-electron chi connectivity index (χ2n) is 4.47. The summed E-state index contributed by atoms with van der Waals surface area (Å²) in [5.41, 5.74) is 3.53. The molecule has 0 aliphatic carbocycles. The molecule has 0 radical (unpaired) electrons. The number of carbonyl (C=O) groups excluding carboxylic acids is 1. The van der Waals surface area contributed by atoms with Crippen LogP contribution in [0.3, 0.4) is 0 Å². The largest absolute Gasteiger partial charge is 0.457 e. The molecule has 2 aromatic heterocycles. The van der Waals surface area contributed by atoms with Gasteiger partial charge in [-0.2, -0.15) is 0 Å². The predicted molar refractivity (Wildman–Crippen MR) is 86.6 cm³/mol. The Labute approximate surface area is 134 Å². The Morgan fingerprint density at radius 3 is 2.71 bits per heavy atom. The summed E-state index contributed by atoms with van der Waals surface area (Å²) in [4.78, 5) is 16.5. The van der Waals surface area contributed by atoms with Crippen LogP contribution in [0.4, 0.5) is 5.13 Å². The summed E-state index contributed by atoms with van der Waals surface area (Å²) in [5.74, 6) is -0.250. The number of rotatable bonds is 3. The lowest BCUT2D eigenvalue weighted by Gasteiger charge is -1.99. The number of furan rings is 1. The molecule has 3 aromatic rings. The van der Waals surface area contributed by atoms with Crippen LogP contribution in [-0.4, -0.2) is 10.9 Å². The summed E-state index contributed by atoms with van der Waals surface area (Å²) in [6.07, 6.45) is 1.46. The highest BCUT2D eigenvalue weighted by Crippen LogP contribution is 2.26. The van der Waals surface area contributed by atoms with Crippen molar-refractivity contribution in [2.24, 2.45) is 0 Å². The van der Waals surface area contributed by atoms with E-state index in [4.69, 9.17) is 4.42 Å². The van der Waals surface area contributed by atoms with Gasteiger partial charge in [0.15, 0.2) is 9.80 Å². The van der Waals surface area contributed by atoms with E-state index in [1.807, 2.05) is 36.6 Å². The predicted octanol–water partition coefficient (Wildman–Crippen LogP) is 4.73. The third kappa shape index (κ3) is 3.06. The van der Waals surface area contributed by atoms with E-state index in [0.717, 1.165) is 11.3 Å². The highest BCUT2D eigenvalue weighted by molar-refractivity contribution is 9.10. The van der Waals surface area contributed by atoms with Gasteiger partial charge in [-0.05, 0) is 28.9 Å². The Balaban J connectivity index is 1.78. The topological polar surface area (TPSA) is 55.1 Å². The first-order valence-corrected chi connectivity index (χ1v) is 7.87. The fourth-order valence-corrected chi connectivity index (χ4v) is 2.94. The Kier molecular flexibility index (Phi) is 3.90. The smallest absolute Gasteiger partial charge is 0.261 e. The zero-order valence-electron chi connectivity index (χ0n) is 11.1. The van der Waals surface area contributed by atoms with E-state index in [0.29, 0.717) is 15.4 Å². The van der Waals surface area contributed by atoms with E-state index in [2.05, 4.69) is 26.2 Å². The highest BCUT2D eigenvalue weighted by Gasteiger charge is 2.14. The Morgan fingerprint density at radius 2 is 2.05 bits per heavy atom. The second kappa shape index (κ2) is 5.83. The Morgan fingerprint density at radius 1 is 1.29 bits per heavy atom. The number of anilines is 1. The van der Waals surface area contributed by atoms with Crippen molar-refractivity contribution < 1.29 is 9.21 Å². The van der Waals surface area contributed by atoms with Gasteiger partial charge in [0.1, 0.15) is 0 Å². The first kappa shape index (κ1) is 14.0. The number of hydrogen-bond acceptors (Lipinski definition) is 4. The molecule has 6 heteroatoms. The van der Waals surface area contributed by atoms with Gasteiger partial charge in [0.05, 0.1) is 17.5 Å². The van der Waals surface area contributed by atoms with Crippen LogP contribution in [0.5, 0.6) is 0 Å². The third-order valence-corrected chi connectivity index (χ3v) is 4.31. The zero-order valence-corrected chi connectivity index (χ0v) is 13.5. The molecule has 4 nitrogen and oxygen atoms in total. The van der Waals surface area contributed by atoms with Crippen LogP contribution in [0.15, 0.2) is 51.1 Å². The number of carbonyl (C=O) groups is 1. The summed E-state index contributed by atoms with van der Waals surface area (Å²) < 4.78 is 5.46. The molecule has 1 amide bonds. The van der Waals surface area contributed by atoms with Gasteiger partial charge in [-0.3, -0.25) is 10.1 Å². The number of halogens is 1. The van der Waals surface area contributed by atoms with Gasteiger partial charge in [0, 0.05) is 10.9 Å². The molecule has 0 bridgehead atoms. The molecule has 21 heavy (non-hydrogen) atoms. The molecule has 0 saturated carbocycles. The van der Waals surface area contributed by atoms with Crippen molar-refractivity contribution in [1.29, 1.82) is 0 Å². The van der Waals surface area contributed by atoms with E-state index in [1.54, 1.807) is 6.07 Å². The molecule has 0 spiro atoms. The lowest BCUT2D eigenvalue weighted by molar-refractivity contribution is 0.102. The Hall–Kier alpha value is -1.92. The van der Waals surface area contributed by atoms with Gasteiger partial charge >= 0.3 is 0 Å². The summed E-state index contributed by atoms with van der Waals surface area (Å²) >= 11 is 4.58. The Bertz CT molecular complexity index is 777. The van der Waals surface area contributed by atoms with Crippen molar-refractivity contribution in [3.05, 3.63) is 57.8 Å². The summed E-state index contributed by atoms with van der Waals surface area (Å²) in [6.45, 7) is 2.04. The highest BCUT2D eigenvalue weighted by atomic mass is 79.9. The van der Waals surface area contributed by atoms with Crippen molar-refractivity contribution in [2.75, 3.05) is 5.32 Å². The third-order valence-electron chi connectivity index (χ3n) is 2.93. The number of aryl methyl sites for hydroxylation is 1. The maximum Gasteiger partial charge on any atom is 0.261 e. The normalized spacial score (nSPS) is 10.6. The SMILES string of the molecule is Cc1ccc(-c2csc(NC(=O)c3ccoc3Br)n2)cc1. The van der Waals surface area contributed by atoms with E-state index in [9.17, 15) is 4.79 Å². The fraction of sp³-hybridized carbons (Fsp3) is 0.0667. The molecule has 1 aromatic carbocycles. The van der Waals surface area contributed by atoms with Gasteiger partial charge in [0.2, 0.25) is 0 Å². The molecule has 0 atom stereocenters. The molecule has 0 aliphatic heterocycles. The lowest BCUT2D eigenvalue weighted by atomic mass is 10.1. The van der Waals surface area contributed by atoms with Crippen LogP contribution < -0.4 is 5.32 Å². The van der Waals surface area contributed by atoms with Crippen molar-refractivity contribution >= 4 is 38.3 Å². The lowest BCUT2D eigenvalue weighted by Crippen LogP contribution is -2.11. The molecular weight excluding hydrogens is 352 g/mol. The van der Waals surface area contributed by atoms with Gasteiger partial charge in [-0.1, -0.05) is 29.8 Å². The molecule has 106 valence electrons. The minimum Gasteiger partial charge on any atom is -0.457 e. The number of benzene rings is 1. The van der Waals surface area contributed by atoms with Gasteiger partial charge in [0.25, 0.3) is 5.91 Å². The van der Waals surface area contributed by atoms with E-state index in [1.165, 1.54) is 23.2 Å². The molecule has 0 saturated heterocycles. The number of hydrogen-bond donors (Lipinski definition) is 1. The minimum atomic E-state index is -0.250. The van der Waals surface area contributed by atoms with Crippen LogP contribution in [0.2, 0.25) is 0 Å². The number of aromatic nitrogens is 1. The molecule has 0 unspecified atom stereocenters. The first-order valence-electron chi connectivity index (χ1n) is 6.20.